The predicted molar refractivity (Wildman–Crippen MR) is 145 cm³/mol. The van der Waals surface area contributed by atoms with Gasteiger partial charge in [-0.05, 0) is 31.0 Å². The summed E-state index contributed by atoms with van der Waals surface area (Å²) in [7, 11) is 1.35. The number of phenols is 1. The summed E-state index contributed by atoms with van der Waals surface area (Å²) in [6.45, 7) is 1.56. The van der Waals surface area contributed by atoms with Gasteiger partial charge in [0, 0.05) is 19.0 Å². The minimum Gasteiger partial charge on any atom is -0.505 e. The van der Waals surface area contributed by atoms with Gasteiger partial charge >= 0.3 is 5.97 Å². The lowest BCUT2D eigenvalue weighted by Crippen LogP contribution is -2.60. The molecule has 0 spiro atoms. The van der Waals surface area contributed by atoms with Gasteiger partial charge in [-0.25, -0.2) is 5.01 Å². The van der Waals surface area contributed by atoms with E-state index >= 15 is 0 Å². The Labute approximate surface area is 245 Å². The Balaban J connectivity index is 1.46. The van der Waals surface area contributed by atoms with Crippen LogP contribution in [0.25, 0.3) is 0 Å². The number of nitrogens with zero attached hydrogens (tertiary/aromatic N) is 2. The van der Waals surface area contributed by atoms with Crippen LogP contribution < -0.4 is 10.6 Å². The van der Waals surface area contributed by atoms with Crippen molar-refractivity contribution in [3.8, 4) is 5.75 Å². The summed E-state index contributed by atoms with van der Waals surface area (Å²) in [5.41, 5.74) is 0.827. The number of nitrogens with one attached hydrogen (secondary N) is 2. The van der Waals surface area contributed by atoms with Gasteiger partial charge < -0.3 is 25.2 Å². The number of phenolic OH excluding ortho intramolecular Hbond substituents is 1. The molecule has 2 heterocycles. The fourth-order valence-electron chi connectivity index (χ4n) is 4.48. The summed E-state index contributed by atoms with van der Waals surface area (Å²) in [6.07, 6.45) is -1.31. The molecule has 0 radical (unpaired) electrons. The smallest absolute Gasteiger partial charge is 0.310 e. The van der Waals surface area contributed by atoms with Crippen molar-refractivity contribution in [2.24, 2.45) is 0 Å². The normalized spacial score (nSPS) is 21.8. The lowest BCUT2D eigenvalue weighted by Gasteiger charge is -2.36. The van der Waals surface area contributed by atoms with E-state index < -0.39 is 59.8 Å². The quantitative estimate of drug-likeness (QED) is 0.386. The standard InChI is InChI=1S/C27H28Cl2N4O8/c1-14(24(37)31-20-12-22(35)41-27(20)40-13-15-6-4-3-5-7-15)33-26(39)19(8-9-21(34)32(33)2)30-25(38)16-10-17(28)23(36)18(29)11-16/h3-7,10-11,14,19-20,27,36H,8-9,12-13H2,1-2H3,(H,30,38)(H,31,37)/t14?,19-,20-,27-/m0/s1. The fourth-order valence-corrected chi connectivity index (χ4v) is 4.96. The monoisotopic (exact) mass is 606 g/mol. The summed E-state index contributed by atoms with van der Waals surface area (Å²) < 4.78 is 10.9. The highest BCUT2D eigenvalue weighted by Crippen LogP contribution is 2.32. The van der Waals surface area contributed by atoms with Gasteiger partial charge in [0.25, 0.3) is 11.8 Å². The second-order valence-electron chi connectivity index (χ2n) is 9.60. The number of cyclic esters (lactones) is 1. The van der Waals surface area contributed by atoms with Crippen LogP contribution in [0.15, 0.2) is 42.5 Å². The largest absolute Gasteiger partial charge is 0.505 e. The molecule has 2 aromatic carbocycles. The molecule has 2 aliphatic rings. The van der Waals surface area contributed by atoms with E-state index in [2.05, 4.69) is 10.6 Å². The molecule has 218 valence electrons. The zero-order valence-electron chi connectivity index (χ0n) is 22.1. The van der Waals surface area contributed by atoms with Crippen molar-refractivity contribution < 1.29 is 38.6 Å². The second kappa shape index (κ2) is 12.8. The molecule has 2 fully saturated rings. The number of carbonyl (C=O) groups is 5. The fraction of sp³-hybridized carbons (Fsp3) is 0.370. The van der Waals surface area contributed by atoms with Gasteiger partial charge in [-0.2, -0.15) is 0 Å². The van der Waals surface area contributed by atoms with Crippen LogP contribution in [-0.4, -0.2) is 76.2 Å². The van der Waals surface area contributed by atoms with Crippen molar-refractivity contribution in [3.05, 3.63) is 63.6 Å². The number of halogens is 2. The zero-order valence-corrected chi connectivity index (χ0v) is 23.6. The number of amides is 4. The van der Waals surface area contributed by atoms with Crippen LogP contribution in [-0.2, 0) is 35.3 Å². The van der Waals surface area contributed by atoms with E-state index in [4.69, 9.17) is 32.7 Å². The Kier molecular flexibility index (Phi) is 9.36. The Hall–Kier alpha value is -3.87. The number of carbonyl (C=O) groups excluding carboxylic acids is 5. The highest BCUT2D eigenvalue weighted by molar-refractivity contribution is 6.37. The van der Waals surface area contributed by atoms with Crippen LogP contribution in [0.3, 0.4) is 0 Å². The summed E-state index contributed by atoms with van der Waals surface area (Å²) in [4.78, 5) is 64.5. The van der Waals surface area contributed by atoms with Crippen molar-refractivity contribution in [1.82, 2.24) is 20.7 Å². The topological polar surface area (TPSA) is 155 Å². The maximum absolute atomic E-state index is 13.6. The van der Waals surface area contributed by atoms with Crippen molar-refractivity contribution in [1.29, 1.82) is 0 Å². The van der Waals surface area contributed by atoms with Crippen LogP contribution in [0.5, 0.6) is 5.75 Å². The van der Waals surface area contributed by atoms with Crippen molar-refractivity contribution in [2.45, 2.75) is 57.2 Å². The van der Waals surface area contributed by atoms with E-state index in [0.29, 0.717) is 0 Å². The highest BCUT2D eigenvalue weighted by atomic mass is 35.5. The average Bonchev–Trinajstić information content (AvgIpc) is 3.26. The molecule has 0 bridgehead atoms. The summed E-state index contributed by atoms with van der Waals surface area (Å²) in [5, 5.41) is 16.7. The predicted octanol–water partition coefficient (Wildman–Crippen LogP) is 2.16. The molecule has 0 aliphatic carbocycles. The summed E-state index contributed by atoms with van der Waals surface area (Å²) >= 11 is 11.8. The molecular weight excluding hydrogens is 579 g/mol. The first kappa shape index (κ1) is 30.1. The molecule has 4 amide bonds. The first-order chi connectivity index (χ1) is 19.5. The van der Waals surface area contributed by atoms with Gasteiger partial charge in [-0.15, -0.1) is 0 Å². The third kappa shape index (κ3) is 6.89. The molecule has 0 saturated carbocycles. The number of hydrazine groups is 1. The van der Waals surface area contributed by atoms with Gasteiger partial charge in [0.15, 0.2) is 5.75 Å². The maximum atomic E-state index is 13.6. The van der Waals surface area contributed by atoms with E-state index in [1.165, 1.54) is 26.1 Å². The SMILES string of the molecule is CC(C(=O)N[C@H]1CC(=O)O[C@@H]1OCc1ccccc1)N1C(=O)[C@@H](NC(=O)c2cc(Cl)c(O)c(Cl)c2)CCC(=O)N1C. The van der Waals surface area contributed by atoms with E-state index in [1.54, 1.807) is 0 Å². The zero-order chi connectivity index (χ0) is 29.8. The molecule has 14 heteroatoms. The minimum absolute atomic E-state index is 0.0145. The van der Waals surface area contributed by atoms with Crippen molar-refractivity contribution in [3.63, 3.8) is 0 Å². The van der Waals surface area contributed by atoms with E-state index in [1.807, 2.05) is 30.3 Å². The molecule has 0 aromatic heterocycles. The van der Waals surface area contributed by atoms with Gasteiger partial charge in [0.1, 0.15) is 18.1 Å². The number of rotatable bonds is 8. The number of hydrogen-bond donors (Lipinski definition) is 3. The Bertz CT molecular complexity index is 1340. The number of ether oxygens (including phenoxy) is 2. The first-order valence-electron chi connectivity index (χ1n) is 12.7. The number of hydrogen-bond acceptors (Lipinski definition) is 8. The van der Waals surface area contributed by atoms with E-state index in [-0.39, 0.29) is 41.5 Å². The first-order valence-corrected chi connectivity index (χ1v) is 13.5. The Morgan fingerprint density at radius 1 is 1.12 bits per heavy atom. The molecule has 4 rings (SSSR count). The Morgan fingerprint density at radius 3 is 2.44 bits per heavy atom. The number of benzene rings is 2. The van der Waals surface area contributed by atoms with Crippen LogP contribution in [0.4, 0.5) is 0 Å². The molecule has 2 aliphatic heterocycles. The van der Waals surface area contributed by atoms with Crippen molar-refractivity contribution in [2.75, 3.05) is 7.05 Å². The Morgan fingerprint density at radius 2 is 1.78 bits per heavy atom. The van der Waals surface area contributed by atoms with Crippen LogP contribution in [0.1, 0.15) is 42.1 Å². The van der Waals surface area contributed by atoms with Crippen LogP contribution in [0.2, 0.25) is 10.0 Å². The van der Waals surface area contributed by atoms with E-state index in [9.17, 15) is 29.1 Å². The molecule has 2 aromatic rings. The number of esters is 1. The van der Waals surface area contributed by atoms with E-state index in [0.717, 1.165) is 15.6 Å². The molecule has 2 saturated heterocycles. The van der Waals surface area contributed by atoms with Gasteiger partial charge in [-0.3, -0.25) is 29.0 Å². The highest BCUT2D eigenvalue weighted by Gasteiger charge is 2.42. The third-order valence-electron chi connectivity index (χ3n) is 6.73. The van der Waals surface area contributed by atoms with Crippen LogP contribution in [0, 0.1) is 0 Å². The lowest BCUT2D eigenvalue weighted by atomic mass is 10.1. The van der Waals surface area contributed by atoms with Gasteiger partial charge in [-0.1, -0.05) is 53.5 Å². The van der Waals surface area contributed by atoms with Gasteiger partial charge in [0.2, 0.25) is 18.1 Å². The lowest BCUT2D eigenvalue weighted by molar-refractivity contribution is -0.171. The summed E-state index contributed by atoms with van der Waals surface area (Å²) in [6, 6.07) is 8.36. The number of aromatic hydroxyl groups is 1. The average molecular weight is 607 g/mol. The molecule has 41 heavy (non-hydrogen) atoms. The maximum Gasteiger partial charge on any atom is 0.310 e. The van der Waals surface area contributed by atoms with Crippen molar-refractivity contribution >= 4 is 52.8 Å². The molecule has 1 unspecified atom stereocenters. The third-order valence-corrected chi connectivity index (χ3v) is 7.31. The summed E-state index contributed by atoms with van der Waals surface area (Å²) in [5.74, 6) is -3.50. The second-order valence-corrected chi connectivity index (χ2v) is 10.4. The molecule has 3 N–H and O–H groups in total. The molecular formula is C27H28Cl2N4O8. The van der Waals surface area contributed by atoms with Gasteiger partial charge in [0.05, 0.1) is 23.1 Å². The molecule has 12 nitrogen and oxygen atoms in total. The van der Waals surface area contributed by atoms with Crippen LogP contribution >= 0.6 is 23.2 Å². The minimum atomic E-state index is -1.21. The molecule has 4 atom stereocenters.